The van der Waals surface area contributed by atoms with E-state index in [2.05, 4.69) is 13.8 Å². The van der Waals surface area contributed by atoms with Gasteiger partial charge in [-0.3, -0.25) is 4.90 Å². The molecule has 5 atom stereocenters. The normalized spacial score (nSPS) is 47.4. The highest BCUT2D eigenvalue weighted by Gasteiger charge is 2.63. The Balaban J connectivity index is 2.34. The molecule has 0 aromatic rings. The van der Waals surface area contributed by atoms with Crippen LogP contribution in [0.25, 0.3) is 0 Å². The van der Waals surface area contributed by atoms with Gasteiger partial charge in [0.2, 0.25) is 5.72 Å². The minimum atomic E-state index is -1.27. The maximum Gasteiger partial charge on any atom is 0.351 e. The summed E-state index contributed by atoms with van der Waals surface area (Å²) < 4.78 is 12.1. The van der Waals surface area contributed by atoms with Gasteiger partial charge in [-0.25, -0.2) is 4.79 Å². The highest BCUT2D eigenvalue weighted by molar-refractivity contribution is 5.77. The maximum absolute atomic E-state index is 11.5. The molecule has 1 N–H and O–H groups in total. The Morgan fingerprint density at radius 1 is 1.42 bits per heavy atom. The van der Waals surface area contributed by atoms with E-state index in [0.717, 1.165) is 6.42 Å². The van der Waals surface area contributed by atoms with Crippen LogP contribution in [-0.2, 0) is 14.3 Å². The van der Waals surface area contributed by atoms with Crippen LogP contribution in [-0.4, -0.2) is 52.6 Å². The van der Waals surface area contributed by atoms with Crippen LogP contribution in [0.5, 0.6) is 0 Å². The van der Waals surface area contributed by atoms with Crippen molar-refractivity contribution < 1.29 is 19.4 Å². The zero-order chi connectivity index (χ0) is 14.6. The number of carboxylic acids is 1. The van der Waals surface area contributed by atoms with E-state index in [-0.39, 0.29) is 18.2 Å². The van der Waals surface area contributed by atoms with Gasteiger partial charge >= 0.3 is 5.97 Å². The minimum absolute atomic E-state index is 0.0383. The third-order valence-electron chi connectivity index (χ3n) is 4.73. The lowest BCUT2D eigenvalue weighted by Gasteiger charge is -2.45. The number of carbonyl (C=O) groups is 1. The van der Waals surface area contributed by atoms with Gasteiger partial charge in [-0.1, -0.05) is 13.8 Å². The Hall–Kier alpha value is -0.650. The topological polar surface area (TPSA) is 59.0 Å². The molecule has 5 nitrogen and oxygen atoms in total. The third-order valence-corrected chi connectivity index (χ3v) is 4.73. The zero-order valence-electron chi connectivity index (χ0n) is 12.6. The molecule has 2 saturated heterocycles. The molecule has 2 rings (SSSR count). The summed E-state index contributed by atoms with van der Waals surface area (Å²) in [4.78, 5) is 13.3. The Kier molecular flexibility index (Phi) is 3.44. The molecule has 5 unspecified atom stereocenters. The summed E-state index contributed by atoms with van der Waals surface area (Å²) in [5.41, 5.74) is -1.75. The van der Waals surface area contributed by atoms with Crippen molar-refractivity contribution in [1.29, 1.82) is 0 Å². The van der Waals surface area contributed by atoms with Crippen LogP contribution in [0.2, 0.25) is 0 Å². The zero-order valence-corrected chi connectivity index (χ0v) is 12.6. The quantitative estimate of drug-likeness (QED) is 0.828. The van der Waals surface area contributed by atoms with Gasteiger partial charge in [-0.2, -0.15) is 0 Å². The number of hydrogen-bond donors (Lipinski definition) is 1. The fraction of sp³-hybridized carbons (Fsp3) is 0.929. The summed E-state index contributed by atoms with van der Waals surface area (Å²) in [6, 6.07) is -0.0383. The largest absolute Gasteiger partial charge is 0.478 e. The lowest BCUT2D eigenvalue weighted by molar-refractivity contribution is -0.191. The first-order chi connectivity index (χ1) is 8.62. The predicted octanol–water partition coefficient (Wildman–Crippen LogP) is 1.71. The van der Waals surface area contributed by atoms with Crippen molar-refractivity contribution in [1.82, 2.24) is 4.90 Å². The van der Waals surface area contributed by atoms with Gasteiger partial charge < -0.3 is 14.6 Å². The second kappa shape index (κ2) is 4.43. The van der Waals surface area contributed by atoms with Crippen LogP contribution >= 0.6 is 0 Å². The molecule has 0 radical (unpaired) electrons. The molecule has 0 aliphatic carbocycles. The van der Waals surface area contributed by atoms with E-state index in [0.29, 0.717) is 5.92 Å². The van der Waals surface area contributed by atoms with E-state index < -0.39 is 17.3 Å². The molecule has 2 aliphatic rings. The van der Waals surface area contributed by atoms with Crippen molar-refractivity contribution in [2.24, 2.45) is 5.92 Å². The molecule has 2 heterocycles. The van der Waals surface area contributed by atoms with Crippen LogP contribution in [0.4, 0.5) is 0 Å². The molecule has 110 valence electrons. The summed E-state index contributed by atoms with van der Waals surface area (Å²) in [6.45, 7) is 9.88. The molecule has 0 spiro atoms. The second-order valence-corrected chi connectivity index (χ2v) is 6.59. The summed E-state index contributed by atoms with van der Waals surface area (Å²) in [7, 11) is 1.81. The first kappa shape index (κ1) is 14.8. The number of rotatable bonds is 2. The van der Waals surface area contributed by atoms with Crippen molar-refractivity contribution in [3.63, 3.8) is 0 Å². The van der Waals surface area contributed by atoms with Crippen LogP contribution in [0.1, 0.15) is 41.0 Å². The molecule has 0 aromatic heterocycles. The van der Waals surface area contributed by atoms with E-state index in [1.807, 2.05) is 13.8 Å². The predicted molar refractivity (Wildman–Crippen MR) is 70.9 cm³/mol. The van der Waals surface area contributed by atoms with E-state index in [4.69, 9.17) is 9.47 Å². The van der Waals surface area contributed by atoms with E-state index in [9.17, 15) is 9.90 Å². The van der Waals surface area contributed by atoms with Crippen LogP contribution in [0, 0.1) is 5.92 Å². The van der Waals surface area contributed by atoms with Crippen LogP contribution in [0.3, 0.4) is 0 Å². The van der Waals surface area contributed by atoms with Gasteiger partial charge in [-0.05, 0) is 33.7 Å². The monoisotopic (exact) mass is 271 g/mol. The molecule has 0 bridgehead atoms. The number of carboxylic acid groups (broad SMARTS) is 1. The summed E-state index contributed by atoms with van der Waals surface area (Å²) in [5, 5.41) is 9.46. The van der Waals surface area contributed by atoms with Crippen molar-refractivity contribution in [2.45, 2.75) is 70.6 Å². The molecular weight excluding hydrogens is 246 g/mol. The van der Waals surface area contributed by atoms with Gasteiger partial charge in [0.15, 0.2) is 0 Å². The lowest BCUT2D eigenvalue weighted by Crippen LogP contribution is -2.58. The Labute approximate surface area is 114 Å². The number of ether oxygens (including phenoxy) is 2. The number of fused-ring (bicyclic) bond motifs is 1. The van der Waals surface area contributed by atoms with E-state index in [1.165, 1.54) is 0 Å². The number of aliphatic carboxylic acids is 1. The highest BCUT2D eigenvalue weighted by atomic mass is 16.6. The van der Waals surface area contributed by atoms with E-state index in [1.54, 1.807) is 18.9 Å². The summed E-state index contributed by atoms with van der Waals surface area (Å²) in [6.07, 6.45) is 0.797. The molecule has 0 saturated carbocycles. The van der Waals surface area contributed by atoms with Crippen molar-refractivity contribution in [2.75, 3.05) is 7.05 Å². The van der Waals surface area contributed by atoms with Gasteiger partial charge in [0.25, 0.3) is 0 Å². The van der Waals surface area contributed by atoms with Crippen molar-refractivity contribution in [3.8, 4) is 0 Å². The minimum Gasteiger partial charge on any atom is -0.478 e. The Bertz CT molecular complexity index is 386. The van der Waals surface area contributed by atoms with Crippen LogP contribution in [0.15, 0.2) is 0 Å². The molecule has 0 amide bonds. The molecule has 5 heteroatoms. The third kappa shape index (κ3) is 2.08. The molecule has 0 aromatic carbocycles. The SMILES string of the molecule is CC(C)C1CC2(C)OC(C)(C(=O)O)N(C)C2C(C)O1. The van der Waals surface area contributed by atoms with Crippen molar-refractivity contribution in [3.05, 3.63) is 0 Å². The maximum atomic E-state index is 11.5. The lowest BCUT2D eigenvalue weighted by atomic mass is 9.81. The summed E-state index contributed by atoms with van der Waals surface area (Å²) >= 11 is 0. The second-order valence-electron chi connectivity index (χ2n) is 6.59. The highest BCUT2D eigenvalue weighted by Crippen LogP contribution is 2.47. The molecular formula is C14H25NO4. The first-order valence-electron chi connectivity index (χ1n) is 6.94. The van der Waals surface area contributed by atoms with Gasteiger partial charge in [0, 0.05) is 6.42 Å². The Morgan fingerprint density at radius 2 is 2.00 bits per heavy atom. The average Bonchev–Trinajstić information content (AvgIpc) is 2.47. The van der Waals surface area contributed by atoms with E-state index >= 15 is 0 Å². The van der Waals surface area contributed by atoms with Gasteiger partial charge in [0.1, 0.15) is 0 Å². The average molecular weight is 271 g/mol. The summed E-state index contributed by atoms with van der Waals surface area (Å²) in [5.74, 6) is -0.551. The standard InChI is InChI=1S/C14H25NO4/c1-8(2)10-7-13(4)11(9(3)18-10)15(6)14(5,19-13)12(16)17/h8-11H,7H2,1-6H3,(H,16,17). The number of likely N-dealkylation sites (N-methyl/N-ethyl adjacent to an activating group) is 1. The first-order valence-corrected chi connectivity index (χ1v) is 6.94. The number of nitrogens with zero attached hydrogens (tertiary/aromatic N) is 1. The van der Waals surface area contributed by atoms with Gasteiger partial charge in [0.05, 0.1) is 23.9 Å². The van der Waals surface area contributed by atoms with Crippen molar-refractivity contribution >= 4 is 5.97 Å². The number of hydrogen-bond acceptors (Lipinski definition) is 4. The molecule has 2 aliphatic heterocycles. The smallest absolute Gasteiger partial charge is 0.351 e. The fourth-order valence-corrected chi connectivity index (χ4v) is 3.62. The fourth-order valence-electron chi connectivity index (χ4n) is 3.62. The molecule has 2 fully saturated rings. The van der Waals surface area contributed by atoms with Gasteiger partial charge in [-0.15, -0.1) is 0 Å². The van der Waals surface area contributed by atoms with Crippen LogP contribution < -0.4 is 0 Å². The molecule has 19 heavy (non-hydrogen) atoms. The Morgan fingerprint density at radius 3 is 2.47 bits per heavy atom.